The molecule has 0 radical (unpaired) electrons. The lowest BCUT2D eigenvalue weighted by atomic mass is 9.91. The molecule has 0 saturated heterocycles. The van der Waals surface area contributed by atoms with Crippen molar-refractivity contribution in [2.24, 2.45) is 5.92 Å². The van der Waals surface area contributed by atoms with Crippen LogP contribution in [0.5, 0.6) is 11.5 Å². The van der Waals surface area contributed by atoms with Crippen LogP contribution in [0, 0.1) is 12.8 Å². The Hall–Kier alpha value is -3.32. The van der Waals surface area contributed by atoms with Crippen molar-refractivity contribution in [3.05, 3.63) is 82.4 Å². The van der Waals surface area contributed by atoms with Crippen molar-refractivity contribution in [1.82, 2.24) is 0 Å². The second-order valence-electron chi connectivity index (χ2n) is 11.0. The molecule has 1 aliphatic carbocycles. The summed E-state index contributed by atoms with van der Waals surface area (Å²) in [6, 6.07) is 19.3. The highest BCUT2D eigenvalue weighted by Gasteiger charge is 2.45. The van der Waals surface area contributed by atoms with Crippen LogP contribution < -0.4 is 9.47 Å². The van der Waals surface area contributed by atoms with Gasteiger partial charge in [0.1, 0.15) is 21.3 Å². The first-order valence-electron chi connectivity index (χ1n) is 14.2. The lowest BCUT2D eigenvalue weighted by Crippen LogP contribution is -2.08. The summed E-state index contributed by atoms with van der Waals surface area (Å²) in [6.45, 7) is 5.35. The fraction of sp³-hybridized carbons (Fsp3) is 0.424. The SMILES string of the molecule is CCOC(=O)[C@H]1C[C@@H]1c1ccc(CCc2ccc3c(c2)-c2c(C)cc(OCCCS(C)(=O)=O)cc2CCO3)cc1. The minimum absolute atomic E-state index is 0.0152. The first-order chi connectivity index (χ1) is 19.2. The molecule has 0 amide bonds. The second-order valence-corrected chi connectivity index (χ2v) is 13.2. The summed E-state index contributed by atoms with van der Waals surface area (Å²) in [4.78, 5) is 12.0. The molecule has 0 N–H and O–H groups in total. The van der Waals surface area contributed by atoms with Crippen LogP contribution in [0.15, 0.2) is 54.6 Å². The first-order valence-corrected chi connectivity index (χ1v) is 16.2. The molecule has 5 rings (SSSR count). The summed E-state index contributed by atoms with van der Waals surface area (Å²) in [5.74, 6) is 2.03. The minimum Gasteiger partial charge on any atom is -0.494 e. The van der Waals surface area contributed by atoms with Crippen LogP contribution in [-0.2, 0) is 38.6 Å². The molecule has 212 valence electrons. The molecule has 40 heavy (non-hydrogen) atoms. The number of carbonyl (C=O) groups excluding carboxylic acids is 1. The maximum absolute atomic E-state index is 12.0. The van der Waals surface area contributed by atoms with Crippen molar-refractivity contribution in [1.29, 1.82) is 0 Å². The number of rotatable bonds is 11. The van der Waals surface area contributed by atoms with Gasteiger partial charge in [0.15, 0.2) is 0 Å². The van der Waals surface area contributed by atoms with Crippen LogP contribution in [0.4, 0.5) is 0 Å². The van der Waals surface area contributed by atoms with Gasteiger partial charge in [-0.3, -0.25) is 4.79 Å². The highest BCUT2D eigenvalue weighted by atomic mass is 32.2. The zero-order valence-electron chi connectivity index (χ0n) is 23.6. The van der Waals surface area contributed by atoms with Gasteiger partial charge in [-0.25, -0.2) is 8.42 Å². The molecule has 0 unspecified atom stereocenters. The normalized spacial score (nSPS) is 17.7. The molecule has 1 heterocycles. The van der Waals surface area contributed by atoms with Crippen molar-refractivity contribution < 1.29 is 27.4 Å². The molecule has 1 fully saturated rings. The smallest absolute Gasteiger partial charge is 0.309 e. The largest absolute Gasteiger partial charge is 0.494 e. The summed E-state index contributed by atoms with van der Waals surface area (Å²) in [6.07, 6.45) is 5.23. The molecule has 3 aromatic rings. The monoisotopic (exact) mass is 562 g/mol. The Labute approximate surface area is 237 Å². The highest BCUT2D eigenvalue weighted by molar-refractivity contribution is 7.90. The molecule has 1 aliphatic heterocycles. The lowest BCUT2D eigenvalue weighted by Gasteiger charge is -2.16. The van der Waals surface area contributed by atoms with Gasteiger partial charge in [-0.2, -0.15) is 0 Å². The Morgan fingerprint density at radius 3 is 2.52 bits per heavy atom. The first kappa shape index (κ1) is 28.2. The fourth-order valence-electron chi connectivity index (χ4n) is 5.62. The fourth-order valence-corrected chi connectivity index (χ4v) is 6.26. The summed E-state index contributed by atoms with van der Waals surface area (Å²) in [5, 5.41) is 0. The molecule has 3 aromatic carbocycles. The molecule has 0 aromatic heterocycles. The quantitative estimate of drug-likeness (QED) is 0.215. The number of ether oxygens (including phenoxy) is 3. The van der Waals surface area contributed by atoms with Gasteiger partial charge >= 0.3 is 5.97 Å². The van der Waals surface area contributed by atoms with Crippen LogP contribution in [0.2, 0.25) is 0 Å². The molecule has 2 aliphatic rings. The topological polar surface area (TPSA) is 78.9 Å². The Bertz CT molecular complexity index is 1480. The third kappa shape index (κ3) is 6.87. The third-order valence-electron chi connectivity index (χ3n) is 7.75. The number of sulfone groups is 1. The van der Waals surface area contributed by atoms with Crippen molar-refractivity contribution in [3.8, 4) is 22.6 Å². The van der Waals surface area contributed by atoms with Crippen molar-refractivity contribution in [2.45, 2.75) is 51.9 Å². The van der Waals surface area contributed by atoms with E-state index in [4.69, 9.17) is 14.2 Å². The van der Waals surface area contributed by atoms with E-state index >= 15 is 0 Å². The van der Waals surface area contributed by atoms with Crippen LogP contribution in [-0.4, -0.2) is 46.2 Å². The number of hydrogen-bond acceptors (Lipinski definition) is 6. The zero-order valence-corrected chi connectivity index (χ0v) is 24.4. The number of carbonyl (C=O) groups is 1. The van der Waals surface area contributed by atoms with Crippen molar-refractivity contribution in [2.75, 3.05) is 31.8 Å². The molecule has 6 nitrogen and oxygen atoms in total. The van der Waals surface area contributed by atoms with E-state index in [0.29, 0.717) is 32.2 Å². The number of benzene rings is 3. The molecule has 0 spiro atoms. The number of fused-ring (bicyclic) bond motifs is 3. The van der Waals surface area contributed by atoms with E-state index in [1.807, 2.05) is 13.0 Å². The van der Waals surface area contributed by atoms with Crippen molar-refractivity contribution in [3.63, 3.8) is 0 Å². The third-order valence-corrected chi connectivity index (χ3v) is 8.78. The number of esters is 1. The predicted molar refractivity (Wildman–Crippen MR) is 157 cm³/mol. The Morgan fingerprint density at radius 2 is 1.77 bits per heavy atom. The highest BCUT2D eigenvalue weighted by Crippen LogP contribution is 2.48. The molecule has 0 bridgehead atoms. The van der Waals surface area contributed by atoms with Crippen LogP contribution >= 0.6 is 0 Å². The van der Waals surface area contributed by atoms with Gasteiger partial charge in [-0.05, 0) is 103 Å². The average molecular weight is 563 g/mol. The Morgan fingerprint density at radius 1 is 1.02 bits per heavy atom. The summed E-state index contributed by atoms with van der Waals surface area (Å²) < 4.78 is 40.0. The standard InChI is InChI=1S/C33H38O6S/c1-4-37-33(34)29-21-28(29)25-11-8-23(9-12-25)6-7-24-10-13-31-30(19-24)32-22(2)18-27(20-26(32)14-16-39-31)38-15-5-17-40(3,35)36/h8-13,18-20,28-29H,4-7,14-17,21H2,1-3H3/t28-,29+/m1/s1. The van der Waals surface area contributed by atoms with Gasteiger partial charge in [-0.15, -0.1) is 0 Å². The second kappa shape index (κ2) is 12.0. The maximum Gasteiger partial charge on any atom is 0.309 e. The maximum atomic E-state index is 12.0. The van der Waals surface area contributed by atoms with Crippen LogP contribution in [0.1, 0.15) is 53.5 Å². The predicted octanol–water partition coefficient (Wildman–Crippen LogP) is 5.86. The van der Waals surface area contributed by atoms with E-state index in [0.717, 1.165) is 48.3 Å². The molecular formula is C33H38O6S. The van der Waals surface area contributed by atoms with E-state index in [2.05, 4.69) is 55.5 Å². The van der Waals surface area contributed by atoms with Gasteiger partial charge in [0.25, 0.3) is 0 Å². The number of aryl methyl sites for hydroxylation is 3. The molecule has 2 atom stereocenters. The molecule has 1 saturated carbocycles. The van der Waals surface area contributed by atoms with Gasteiger partial charge in [0.05, 0.1) is 31.5 Å². The van der Waals surface area contributed by atoms with Gasteiger partial charge < -0.3 is 14.2 Å². The van der Waals surface area contributed by atoms with E-state index in [-0.39, 0.29) is 17.6 Å². The average Bonchev–Trinajstić information content (AvgIpc) is 3.73. The molecule has 7 heteroatoms. The Kier molecular flexibility index (Phi) is 8.50. The van der Waals surface area contributed by atoms with Gasteiger partial charge in [-0.1, -0.05) is 30.3 Å². The summed E-state index contributed by atoms with van der Waals surface area (Å²) in [7, 11) is -2.99. The van der Waals surface area contributed by atoms with E-state index in [1.165, 1.54) is 34.1 Å². The van der Waals surface area contributed by atoms with Gasteiger partial charge in [0, 0.05) is 18.2 Å². The van der Waals surface area contributed by atoms with Gasteiger partial charge in [0.2, 0.25) is 0 Å². The molecular weight excluding hydrogens is 524 g/mol. The Balaban J connectivity index is 1.25. The number of hydrogen-bond donors (Lipinski definition) is 0. The van der Waals surface area contributed by atoms with Crippen molar-refractivity contribution >= 4 is 15.8 Å². The lowest BCUT2D eigenvalue weighted by molar-refractivity contribution is -0.144. The summed E-state index contributed by atoms with van der Waals surface area (Å²) >= 11 is 0. The van der Waals surface area contributed by atoms with E-state index < -0.39 is 9.84 Å². The van der Waals surface area contributed by atoms with E-state index in [1.54, 1.807) is 0 Å². The summed E-state index contributed by atoms with van der Waals surface area (Å²) in [5.41, 5.74) is 8.36. The zero-order chi connectivity index (χ0) is 28.3. The van der Waals surface area contributed by atoms with Crippen LogP contribution in [0.3, 0.4) is 0 Å². The van der Waals surface area contributed by atoms with E-state index in [9.17, 15) is 13.2 Å². The minimum atomic E-state index is -2.99. The van der Waals surface area contributed by atoms with Crippen LogP contribution in [0.25, 0.3) is 11.1 Å².